The van der Waals surface area contributed by atoms with E-state index in [-0.39, 0.29) is 17.7 Å². The number of halogens is 1. The van der Waals surface area contributed by atoms with Crippen LogP contribution in [0.1, 0.15) is 12.5 Å². The van der Waals surface area contributed by atoms with Crippen molar-refractivity contribution >= 4 is 34.7 Å². The van der Waals surface area contributed by atoms with Gasteiger partial charge in [0.25, 0.3) is 0 Å². The van der Waals surface area contributed by atoms with Gasteiger partial charge in [-0.05, 0) is 43.7 Å². The van der Waals surface area contributed by atoms with Crippen LogP contribution in [0.4, 0.5) is 16.0 Å². The van der Waals surface area contributed by atoms with Gasteiger partial charge < -0.3 is 16.4 Å². The van der Waals surface area contributed by atoms with Gasteiger partial charge in [0.2, 0.25) is 11.9 Å². The fraction of sp³-hybridized carbons (Fsp3) is 0.143. The van der Waals surface area contributed by atoms with E-state index in [1.807, 2.05) is 13.0 Å². The predicted octanol–water partition coefficient (Wildman–Crippen LogP) is 3.30. The Bertz CT molecular complexity index is 1190. The molecular weight excluding hydrogens is 385 g/mol. The maximum absolute atomic E-state index is 14.6. The number of benzene rings is 1. The summed E-state index contributed by atoms with van der Waals surface area (Å²) in [5.74, 6) is -0.629. The molecule has 0 atom stereocenters. The van der Waals surface area contributed by atoms with E-state index in [2.05, 4.69) is 32.2 Å². The number of nitrogens with zero attached hydrogens (tertiary/aromatic N) is 4. The van der Waals surface area contributed by atoms with Crippen LogP contribution in [0.25, 0.3) is 16.7 Å². The van der Waals surface area contributed by atoms with Gasteiger partial charge >= 0.3 is 0 Å². The number of aliphatic imine (C=N–C) groups is 1. The maximum atomic E-state index is 14.6. The van der Waals surface area contributed by atoms with Gasteiger partial charge in [-0.3, -0.25) is 14.4 Å². The summed E-state index contributed by atoms with van der Waals surface area (Å²) < 4.78 is 16.3. The Morgan fingerprint density at radius 2 is 2.13 bits per heavy atom. The third-order valence-corrected chi connectivity index (χ3v) is 4.34. The number of anilines is 2. The normalized spacial score (nSPS) is 12.1. The second-order valence-electron chi connectivity index (χ2n) is 6.58. The van der Waals surface area contributed by atoms with E-state index in [0.717, 1.165) is 22.7 Å². The predicted molar refractivity (Wildman–Crippen MR) is 117 cm³/mol. The molecule has 0 unspecified atom stereocenters. The van der Waals surface area contributed by atoms with Crippen LogP contribution in [0.5, 0.6) is 0 Å². The standard InChI is InChI=1S/C21H22FN7O/c1-5-19(30)26-14-6-7-18-15(8-14)12(2)11-29(18)20-16(22)9-25-21(28-20)27-17(10-24-4)13(3)23/h5-11H,1,23H2,2-4H3,(H,26,30)(H,25,27,28). The largest absolute Gasteiger partial charge is 0.401 e. The molecule has 0 aliphatic heterocycles. The zero-order chi connectivity index (χ0) is 21.8. The molecule has 4 N–H and O–H groups in total. The van der Waals surface area contributed by atoms with Gasteiger partial charge in [0.1, 0.15) is 0 Å². The summed E-state index contributed by atoms with van der Waals surface area (Å²) in [6.07, 6.45) is 5.60. The molecule has 0 saturated carbocycles. The minimum atomic E-state index is -0.583. The molecule has 3 rings (SSSR count). The van der Waals surface area contributed by atoms with E-state index in [4.69, 9.17) is 5.73 Å². The van der Waals surface area contributed by atoms with Gasteiger partial charge in [-0.15, -0.1) is 0 Å². The molecule has 0 saturated heterocycles. The van der Waals surface area contributed by atoms with Gasteiger partial charge in [0.05, 0.1) is 17.4 Å². The number of carbonyl (C=O) groups excluding carboxylic acids is 1. The number of aryl methyl sites for hydroxylation is 1. The first-order valence-electron chi connectivity index (χ1n) is 9.07. The Labute approximate surface area is 173 Å². The van der Waals surface area contributed by atoms with Crippen molar-refractivity contribution in [1.29, 1.82) is 0 Å². The van der Waals surface area contributed by atoms with Crippen molar-refractivity contribution in [3.05, 3.63) is 66.0 Å². The fourth-order valence-electron chi connectivity index (χ4n) is 2.91. The second-order valence-corrected chi connectivity index (χ2v) is 6.58. The molecule has 0 aliphatic rings. The van der Waals surface area contributed by atoms with Crippen LogP contribution in [0, 0.1) is 12.7 Å². The number of carbonyl (C=O) groups is 1. The molecule has 2 heterocycles. The first kappa shape index (κ1) is 20.7. The molecule has 0 bridgehead atoms. The first-order valence-corrected chi connectivity index (χ1v) is 9.07. The summed E-state index contributed by atoms with van der Waals surface area (Å²) in [7, 11) is 1.61. The minimum Gasteiger partial charge on any atom is -0.401 e. The van der Waals surface area contributed by atoms with Gasteiger partial charge in [0.15, 0.2) is 11.6 Å². The molecule has 0 aliphatic carbocycles. The molecule has 1 aromatic carbocycles. The molecule has 8 nitrogen and oxygen atoms in total. The zero-order valence-electron chi connectivity index (χ0n) is 16.9. The molecule has 2 aromatic heterocycles. The number of amides is 1. The van der Waals surface area contributed by atoms with Crippen molar-refractivity contribution in [3.8, 4) is 5.82 Å². The Balaban J connectivity index is 2.06. The lowest BCUT2D eigenvalue weighted by Gasteiger charge is -2.11. The van der Waals surface area contributed by atoms with E-state index in [0.29, 0.717) is 17.1 Å². The van der Waals surface area contributed by atoms with Crippen LogP contribution in [-0.2, 0) is 4.79 Å². The van der Waals surface area contributed by atoms with Crippen LogP contribution in [0.3, 0.4) is 0 Å². The number of hydrogen-bond donors (Lipinski definition) is 3. The summed E-state index contributed by atoms with van der Waals surface area (Å²) in [4.78, 5) is 23.8. The third-order valence-electron chi connectivity index (χ3n) is 4.34. The lowest BCUT2D eigenvalue weighted by Crippen LogP contribution is -2.12. The molecule has 3 aromatic rings. The smallest absolute Gasteiger partial charge is 0.247 e. The lowest BCUT2D eigenvalue weighted by atomic mass is 10.2. The summed E-state index contributed by atoms with van der Waals surface area (Å²) in [6, 6.07) is 5.33. The molecule has 9 heteroatoms. The third kappa shape index (κ3) is 4.19. The average Bonchev–Trinajstić information content (AvgIpc) is 3.04. The van der Waals surface area contributed by atoms with E-state index in [9.17, 15) is 9.18 Å². The Morgan fingerprint density at radius 3 is 2.80 bits per heavy atom. The van der Waals surface area contributed by atoms with Gasteiger partial charge in [-0.25, -0.2) is 9.37 Å². The van der Waals surface area contributed by atoms with Crippen molar-refractivity contribution in [2.24, 2.45) is 10.7 Å². The van der Waals surface area contributed by atoms with Crippen LogP contribution in [0.15, 0.2) is 59.6 Å². The van der Waals surface area contributed by atoms with Crippen molar-refractivity contribution in [2.75, 3.05) is 17.7 Å². The van der Waals surface area contributed by atoms with Crippen molar-refractivity contribution in [1.82, 2.24) is 14.5 Å². The number of aromatic nitrogens is 3. The fourth-order valence-corrected chi connectivity index (χ4v) is 2.91. The van der Waals surface area contributed by atoms with Crippen molar-refractivity contribution in [2.45, 2.75) is 13.8 Å². The van der Waals surface area contributed by atoms with Crippen molar-refractivity contribution in [3.63, 3.8) is 0 Å². The summed E-state index contributed by atoms with van der Waals surface area (Å²) in [6.45, 7) is 7.05. The number of fused-ring (bicyclic) bond motifs is 1. The zero-order valence-corrected chi connectivity index (χ0v) is 16.9. The Hall–Kier alpha value is -4.01. The first-order chi connectivity index (χ1) is 14.3. The molecule has 154 valence electrons. The summed E-state index contributed by atoms with van der Waals surface area (Å²) in [5, 5.41) is 6.52. The number of allylic oxidation sites excluding steroid dienone is 2. The van der Waals surface area contributed by atoms with E-state index in [1.54, 1.807) is 36.9 Å². The monoisotopic (exact) mass is 407 g/mol. The topological polar surface area (TPSA) is 110 Å². The van der Waals surface area contributed by atoms with Gasteiger partial charge in [0, 0.05) is 36.2 Å². The SMILES string of the molecule is C=CC(=O)Nc1ccc2c(c1)c(C)cn2-c1nc(NC(C=NC)=C(C)N)ncc1F. The minimum absolute atomic E-state index is 0.0796. The molecule has 0 spiro atoms. The second kappa shape index (κ2) is 8.56. The summed E-state index contributed by atoms with van der Waals surface area (Å²) >= 11 is 0. The Morgan fingerprint density at radius 1 is 1.37 bits per heavy atom. The number of rotatable bonds is 6. The molecular formula is C21H22FN7O. The molecule has 1 amide bonds. The molecule has 0 radical (unpaired) electrons. The van der Waals surface area contributed by atoms with Crippen LogP contribution in [0.2, 0.25) is 0 Å². The highest BCUT2D eigenvalue weighted by molar-refractivity contribution is 6.00. The van der Waals surface area contributed by atoms with Crippen LogP contribution >= 0.6 is 0 Å². The quantitative estimate of drug-likeness (QED) is 0.429. The molecule has 0 fully saturated rings. The number of nitrogens with one attached hydrogen (secondary N) is 2. The summed E-state index contributed by atoms with van der Waals surface area (Å²) in [5.41, 5.74) is 9.09. The van der Waals surface area contributed by atoms with Crippen LogP contribution in [-0.4, -0.2) is 33.7 Å². The van der Waals surface area contributed by atoms with E-state index >= 15 is 0 Å². The lowest BCUT2D eigenvalue weighted by molar-refractivity contribution is -0.111. The highest BCUT2D eigenvalue weighted by atomic mass is 19.1. The van der Waals surface area contributed by atoms with E-state index in [1.165, 1.54) is 12.3 Å². The van der Waals surface area contributed by atoms with E-state index < -0.39 is 5.82 Å². The highest BCUT2D eigenvalue weighted by Gasteiger charge is 2.15. The number of hydrogen-bond acceptors (Lipinski definition) is 6. The van der Waals surface area contributed by atoms with Crippen molar-refractivity contribution < 1.29 is 9.18 Å². The highest BCUT2D eigenvalue weighted by Crippen LogP contribution is 2.28. The van der Waals surface area contributed by atoms with Gasteiger partial charge in [-0.2, -0.15) is 4.98 Å². The molecule has 30 heavy (non-hydrogen) atoms. The Kier molecular flexibility index (Phi) is 5.91. The maximum Gasteiger partial charge on any atom is 0.247 e. The van der Waals surface area contributed by atoms with Gasteiger partial charge in [-0.1, -0.05) is 6.58 Å². The average molecular weight is 407 g/mol. The number of nitrogens with two attached hydrogens (primary N) is 1. The van der Waals surface area contributed by atoms with Crippen LogP contribution < -0.4 is 16.4 Å².